The summed E-state index contributed by atoms with van der Waals surface area (Å²) in [6, 6.07) is 4.64. The number of nitrogens with one attached hydrogen (secondary N) is 2. The Balaban J connectivity index is 2.45. The molecule has 0 heterocycles. The van der Waals surface area contributed by atoms with Crippen LogP contribution in [0.5, 0.6) is 11.5 Å². The second-order valence-corrected chi connectivity index (χ2v) is 5.10. The van der Waals surface area contributed by atoms with Gasteiger partial charge in [0.05, 0.1) is 13.3 Å². The number of hydrogen-bond donors (Lipinski definition) is 3. The van der Waals surface area contributed by atoms with E-state index in [1.165, 1.54) is 19.4 Å². The molecule has 0 saturated heterocycles. The SMILES string of the molecule is COc1cc(C=NNC(=O)CC(=O)NCC(C)C)ccc1O. The third-order valence-electron chi connectivity index (χ3n) is 2.64. The lowest BCUT2D eigenvalue weighted by Gasteiger charge is -2.06. The van der Waals surface area contributed by atoms with Crippen molar-refractivity contribution in [3.63, 3.8) is 0 Å². The first kappa shape index (κ1) is 17.5. The molecule has 3 N–H and O–H groups in total. The predicted molar refractivity (Wildman–Crippen MR) is 82.9 cm³/mol. The summed E-state index contributed by atoms with van der Waals surface area (Å²) in [5.41, 5.74) is 2.91. The number of phenols is 1. The second kappa shape index (κ2) is 8.66. The van der Waals surface area contributed by atoms with E-state index in [4.69, 9.17) is 4.74 Å². The van der Waals surface area contributed by atoms with Crippen molar-refractivity contribution in [2.24, 2.45) is 11.0 Å². The van der Waals surface area contributed by atoms with Crippen molar-refractivity contribution in [3.05, 3.63) is 23.8 Å². The molecule has 0 aliphatic rings. The van der Waals surface area contributed by atoms with Gasteiger partial charge >= 0.3 is 0 Å². The maximum absolute atomic E-state index is 11.5. The van der Waals surface area contributed by atoms with Gasteiger partial charge < -0.3 is 15.2 Å². The summed E-state index contributed by atoms with van der Waals surface area (Å²) in [5, 5.41) is 15.9. The van der Waals surface area contributed by atoms with E-state index in [2.05, 4.69) is 15.8 Å². The number of benzene rings is 1. The quantitative estimate of drug-likeness (QED) is 0.398. The lowest BCUT2D eigenvalue weighted by molar-refractivity contribution is -0.129. The average molecular weight is 307 g/mol. The number of aromatic hydroxyl groups is 1. The Labute approximate surface area is 129 Å². The van der Waals surface area contributed by atoms with Crippen LogP contribution in [0.15, 0.2) is 23.3 Å². The lowest BCUT2D eigenvalue weighted by atomic mass is 10.2. The van der Waals surface area contributed by atoms with Crippen molar-refractivity contribution in [3.8, 4) is 11.5 Å². The zero-order valence-electron chi connectivity index (χ0n) is 12.9. The molecule has 7 heteroatoms. The molecule has 0 atom stereocenters. The Morgan fingerprint density at radius 3 is 2.73 bits per heavy atom. The van der Waals surface area contributed by atoms with Gasteiger partial charge in [-0.3, -0.25) is 9.59 Å². The van der Waals surface area contributed by atoms with Crippen LogP contribution in [0.25, 0.3) is 0 Å². The topological polar surface area (TPSA) is 100 Å². The predicted octanol–water partition coefficient (Wildman–Crippen LogP) is 1.01. The molecule has 2 amide bonds. The van der Waals surface area contributed by atoms with Crippen molar-refractivity contribution in [1.29, 1.82) is 0 Å². The maximum atomic E-state index is 11.5. The monoisotopic (exact) mass is 307 g/mol. The number of amides is 2. The van der Waals surface area contributed by atoms with Gasteiger partial charge in [-0.25, -0.2) is 5.43 Å². The third kappa shape index (κ3) is 6.25. The highest BCUT2D eigenvalue weighted by atomic mass is 16.5. The van der Waals surface area contributed by atoms with Crippen molar-refractivity contribution < 1.29 is 19.4 Å². The van der Waals surface area contributed by atoms with E-state index in [9.17, 15) is 14.7 Å². The van der Waals surface area contributed by atoms with Gasteiger partial charge in [0.15, 0.2) is 11.5 Å². The van der Waals surface area contributed by atoms with Crippen LogP contribution in [-0.4, -0.2) is 36.8 Å². The fourth-order valence-electron chi connectivity index (χ4n) is 1.52. The number of nitrogens with zero attached hydrogens (tertiary/aromatic N) is 1. The first-order valence-electron chi connectivity index (χ1n) is 6.88. The number of ether oxygens (including phenoxy) is 1. The molecular formula is C15H21N3O4. The van der Waals surface area contributed by atoms with Crippen LogP contribution in [0.3, 0.4) is 0 Å². The number of phenolic OH excluding ortho intramolecular Hbond substituents is 1. The first-order valence-corrected chi connectivity index (χ1v) is 6.88. The van der Waals surface area contributed by atoms with Gasteiger partial charge in [0.25, 0.3) is 0 Å². The van der Waals surface area contributed by atoms with Crippen LogP contribution in [0, 0.1) is 5.92 Å². The molecule has 0 unspecified atom stereocenters. The molecule has 0 spiro atoms. The number of carbonyl (C=O) groups excluding carboxylic acids is 2. The minimum absolute atomic E-state index is 0.0190. The van der Waals surface area contributed by atoms with Gasteiger partial charge in [-0.15, -0.1) is 0 Å². The van der Waals surface area contributed by atoms with E-state index in [1.807, 2.05) is 13.8 Å². The Morgan fingerprint density at radius 1 is 1.36 bits per heavy atom. The van der Waals surface area contributed by atoms with Crippen molar-refractivity contribution >= 4 is 18.0 Å². The van der Waals surface area contributed by atoms with Crippen LogP contribution in [0.2, 0.25) is 0 Å². The van der Waals surface area contributed by atoms with Crippen LogP contribution in [-0.2, 0) is 9.59 Å². The average Bonchev–Trinajstić information content (AvgIpc) is 2.46. The number of rotatable bonds is 7. The van der Waals surface area contributed by atoms with Crippen molar-refractivity contribution in [1.82, 2.24) is 10.7 Å². The summed E-state index contributed by atoms with van der Waals surface area (Å²) in [6.07, 6.45) is 1.12. The van der Waals surface area contributed by atoms with Gasteiger partial charge in [0, 0.05) is 6.54 Å². The van der Waals surface area contributed by atoms with Crippen LogP contribution in [0.1, 0.15) is 25.8 Å². The molecular weight excluding hydrogens is 286 g/mol. The van der Waals surface area contributed by atoms with E-state index in [-0.39, 0.29) is 18.1 Å². The lowest BCUT2D eigenvalue weighted by Crippen LogP contribution is -2.32. The summed E-state index contributed by atoms with van der Waals surface area (Å²) in [4.78, 5) is 23.0. The summed E-state index contributed by atoms with van der Waals surface area (Å²) in [5.74, 6) is -0.181. The molecule has 120 valence electrons. The molecule has 0 aliphatic carbocycles. The van der Waals surface area contributed by atoms with Gasteiger partial charge in [0.1, 0.15) is 6.42 Å². The Morgan fingerprint density at radius 2 is 2.09 bits per heavy atom. The normalized spacial score (nSPS) is 10.7. The molecule has 0 bridgehead atoms. The summed E-state index contributed by atoms with van der Waals surface area (Å²) in [6.45, 7) is 4.47. The summed E-state index contributed by atoms with van der Waals surface area (Å²) < 4.78 is 4.96. The van der Waals surface area contributed by atoms with Crippen molar-refractivity contribution in [2.45, 2.75) is 20.3 Å². The van der Waals surface area contributed by atoms with E-state index >= 15 is 0 Å². The molecule has 0 aliphatic heterocycles. The molecule has 1 aromatic rings. The fraction of sp³-hybridized carbons (Fsp3) is 0.400. The van der Waals surface area contributed by atoms with Gasteiger partial charge in [-0.1, -0.05) is 13.8 Å². The zero-order valence-corrected chi connectivity index (χ0v) is 12.9. The number of hydrogen-bond acceptors (Lipinski definition) is 5. The Hall–Kier alpha value is -2.57. The Kier molecular flexibility index (Phi) is 6.88. The molecule has 1 rings (SSSR count). The zero-order chi connectivity index (χ0) is 16.5. The minimum atomic E-state index is -0.497. The largest absolute Gasteiger partial charge is 0.504 e. The molecule has 0 radical (unpaired) electrons. The summed E-state index contributed by atoms with van der Waals surface area (Å²) in [7, 11) is 1.44. The molecule has 22 heavy (non-hydrogen) atoms. The molecule has 0 saturated carbocycles. The maximum Gasteiger partial charge on any atom is 0.249 e. The van der Waals surface area contributed by atoms with Crippen molar-refractivity contribution in [2.75, 3.05) is 13.7 Å². The number of carbonyl (C=O) groups is 2. The highest BCUT2D eigenvalue weighted by molar-refractivity contribution is 5.97. The van der Waals surface area contributed by atoms with Gasteiger partial charge in [0.2, 0.25) is 11.8 Å². The number of hydrazone groups is 1. The van der Waals surface area contributed by atoms with Gasteiger partial charge in [-0.05, 0) is 29.7 Å². The van der Waals surface area contributed by atoms with E-state index in [0.29, 0.717) is 23.8 Å². The molecule has 0 aromatic heterocycles. The summed E-state index contributed by atoms with van der Waals surface area (Å²) >= 11 is 0. The van der Waals surface area contributed by atoms with Crippen LogP contribution < -0.4 is 15.5 Å². The van der Waals surface area contributed by atoms with E-state index in [1.54, 1.807) is 12.1 Å². The molecule has 7 nitrogen and oxygen atoms in total. The highest BCUT2D eigenvalue weighted by Crippen LogP contribution is 2.25. The van der Waals surface area contributed by atoms with E-state index in [0.717, 1.165) is 0 Å². The first-order chi connectivity index (χ1) is 10.4. The van der Waals surface area contributed by atoms with Crippen LogP contribution >= 0.6 is 0 Å². The number of methoxy groups -OCH3 is 1. The second-order valence-electron chi connectivity index (χ2n) is 5.10. The van der Waals surface area contributed by atoms with Gasteiger partial charge in [-0.2, -0.15) is 5.10 Å². The Bertz CT molecular complexity index is 556. The minimum Gasteiger partial charge on any atom is -0.504 e. The molecule has 1 aromatic carbocycles. The standard InChI is InChI=1S/C15H21N3O4/c1-10(2)8-16-14(20)7-15(21)18-17-9-11-4-5-12(19)13(6-11)22-3/h4-6,9-10,19H,7-8H2,1-3H3,(H,16,20)(H,18,21). The highest BCUT2D eigenvalue weighted by Gasteiger charge is 2.08. The third-order valence-corrected chi connectivity index (χ3v) is 2.64. The smallest absolute Gasteiger partial charge is 0.249 e. The van der Waals surface area contributed by atoms with E-state index < -0.39 is 5.91 Å². The molecule has 0 fully saturated rings. The van der Waals surface area contributed by atoms with Crippen LogP contribution in [0.4, 0.5) is 0 Å². The fourth-order valence-corrected chi connectivity index (χ4v) is 1.52.